The molecule has 1 aromatic heterocycles. The normalized spacial score (nSPS) is 13.9. The van der Waals surface area contributed by atoms with E-state index in [2.05, 4.69) is 15.7 Å². The van der Waals surface area contributed by atoms with Crippen molar-refractivity contribution in [3.8, 4) is 0 Å². The van der Waals surface area contributed by atoms with Gasteiger partial charge in [-0.05, 0) is 49.3 Å². The molecule has 0 saturated heterocycles. The second kappa shape index (κ2) is 8.55. The summed E-state index contributed by atoms with van der Waals surface area (Å²) in [4.78, 5) is 57.0. The fraction of sp³-hybridized carbons (Fsp3) is 0.217. The van der Waals surface area contributed by atoms with E-state index >= 15 is 0 Å². The van der Waals surface area contributed by atoms with Gasteiger partial charge in [-0.25, -0.2) is 9.66 Å². The molecule has 2 aromatic carbocycles. The molecule has 2 N–H and O–H groups in total. The first-order chi connectivity index (χ1) is 15.7. The number of para-hydroxylation sites is 1. The Morgan fingerprint density at radius 1 is 0.970 bits per heavy atom. The van der Waals surface area contributed by atoms with Crippen LogP contribution in [0.5, 0.6) is 0 Å². The van der Waals surface area contributed by atoms with Gasteiger partial charge in [-0.15, -0.1) is 0 Å². The number of fused-ring (bicyclic) bond motifs is 2. The zero-order chi connectivity index (χ0) is 23.9. The van der Waals surface area contributed by atoms with Crippen molar-refractivity contribution >= 4 is 46.0 Å². The first-order valence-corrected chi connectivity index (χ1v) is 10.7. The summed E-state index contributed by atoms with van der Waals surface area (Å²) >= 11 is 5.24. The monoisotopic (exact) mass is 463 g/mol. The molecular formula is C23H21N5O4S. The minimum Gasteiger partial charge on any atom is -0.300 e. The Balaban J connectivity index is 1.57. The van der Waals surface area contributed by atoms with Gasteiger partial charge in [-0.1, -0.05) is 38.1 Å². The molecular weight excluding hydrogens is 442 g/mol. The Hall–Kier alpha value is -3.92. The van der Waals surface area contributed by atoms with Gasteiger partial charge >= 0.3 is 0 Å². The highest BCUT2D eigenvalue weighted by molar-refractivity contribution is 7.80. The quantitative estimate of drug-likeness (QED) is 0.449. The van der Waals surface area contributed by atoms with E-state index in [0.29, 0.717) is 16.7 Å². The molecule has 0 aliphatic carbocycles. The number of aromatic nitrogens is 2. The maximum absolute atomic E-state index is 13.1. The summed E-state index contributed by atoms with van der Waals surface area (Å²) in [5.74, 6) is -1.75. The van der Waals surface area contributed by atoms with E-state index < -0.39 is 23.8 Å². The predicted octanol–water partition coefficient (Wildman–Crippen LogP) is 1.97. The van der Waals surface area contributed by atoms with Gasteiger partial charge in [-0.3, -0.25) is 34.8 Å². The van der Waals surface area contributed by atoms with E-state index in [-0.39, 0.29) is 27.7 Å². The number of rotatable bonds is 4. The van der Waals surface area contributed by atoms with Crippen LogP contribution in [0.25, 0.3) is 10.9 Å². The van der Waals surface area contributed by atoms with Gasteiger partial charge in [0.25, 0.3) is 17.4 Å². The molecule has 3 amide bonds. The highest BCUT2D eigenvalue weighted by Gasteiger charge is 2.44. The molecule has 10 heteroatoms. The number of hydrogen-bond donors (Lipinski definition) is 2. The van der Waals surface area contributed by atoms with Gasteiger partial charge in [0.15, 0.2) is 5.11 Å². The SMILES string of the molecule is Cc1nc2ccccc2c(=O)n1NC(=S)NC(=O)[C@H](C(C)C)N1C(=O)c2ccccc2C1=O. The summed E-state index contributed by atoms with van der Waals surface area (Å²) in [5.41, 5.74) is 3.35. The topological polar surface area (TPSA) is 113 Å². The molecule has 33 heavy (non-hydrogen) atoms. The molecule has 0 saturated carbocycles. The third kappa shape index (κ3) is 3.89. The molecule has 0 fully saturated rings. The summed E-state index contributed by atoms with van der Waals surface area (Å²) in [6.07, 6.45) is 0. The molecule has 4 rings (SSSR count). The summed E-state index contributed by atoms with van der Waals surface area (Å²) in [7, 11) is 0. The Bertz CT molecular complexity index is 1350. The van der Waals surface area contributed by atoms with Crippen LogP contribution in [0.1, 0.15) is 40.4 Å². The van der Waals surface area contributed by atoms with Gasteiger partial charge in [0.05, 0.1) is 22.0 Å². The molecule has 0 bridgehead atoms. The minimum atomic E-state index is -1.09. The third-order valence-electron chi connectivity index (χ3n) is 5.40. The van der Waals surface area contributed by atoms with Crippen LogP contribution in [-0.2, 0) is 4.79 Å². The van der Waals surface area contributed by atoms with E-state index in [0.717, 1.165) is 9.58 Å². The van der Waals surface area contributed by atoms with Crippen molar-refractivity contribution in [3.63, 3.8) is 0 Å². The zero-order valence-corrected chi connectivity index (χ0v) is 19.0. The summed E-state index contributed by atoms with van der Waals surface area (Å²) in [6.45, 7) is 5.08. The van der Waals surface area contributed by atoms with Gasteiger partial charge in [-0.2, -0.15) is 0 Å². The van der Waals surface area contributed by atoms with Crippen LogP contribution >= 0.6 is 12.2 Å². The Labute approximate surface area is 194 Å². The van der Waals surface area contributed by atoms with Crippen molar-refractivity contribution in [3.05, 3.63) is 75.8 Å². The summed E-state index contributed by atoms with van der Waals surface area (Å²) in [6, 6.07) is 12.2. The van der Waals surface area contributed by atoms with Gasteiger partial charge in [0.1, 0.15) is 11.9 Å². The van der Waals surface area contributed by atoms with Crippen LogP contribution < -0.4 is 16.3 Å². The van der Waals surface area contributed by atoms with Crippen molar-refractivity contribution in [2.75, 3.05) is 5.43 Å². The highest BCUT2D eigenvalue weighted by atomic mass is 32.1. The van der Waals surface area contributed by atoms with Crippen LogP contribution in [0.2, 0.25) is 0 Å². The number of imide groups is 1. The van der Waals surface area contributed by atoms with Gasteiger partial charge in [0.2, 0.25) is 5.91 Å². The number of benzene rings is 2. The lowest BCUT2D eigenvalue weighted by molar-refractivity contribution is -0.124. The first kappa shape index (κ1) is 22.3. The van der Waals surface area contributed by atoms with Crippen molar-refractivity contribution < 1.29 is 14.4 Å². The van der Waals surface area contributed by atoms with E-state index in [1.165, 1.54) is 0 Å². The van der Waals surface area contributed by atoms with Crippen LogP contribution in [0.3, 0.4) is 0 Å². The lowest BCUT2D eigenvalue weighted by Crippen LogP contribution is -2.55. The fourth-order valence-corrected chi connectivity index (χ4v) is 4.06. The van der Waals surface area contributed by atoms with E-state index in [9.17, 15) is 19.2 Å². The van der Waals surface area contributed by atoms with Crippen LogP contribution in [-0.4, -0.2) is 43.4 Å². The molecule has 2 heterocycles. The van der Waals surface area contributed by atoms with Crippen LogP contribution in [0, 0.1) is 12.8 Å². The predicted molar refractivity (Wildman–Crippen MR) is 126 cm³/mol. The molecule has 0 unspecified atom stereocenters. The lowest BCUT2D eigenvalue weighted by Gasteiger charge is -2.28. The van der Waals surface area contributed by atoms with E-state index in [1.807, 2.05) is 0 Å². The Kier molecular flexibility index (Phi) is 5.77. The second-order valence-electron chi connectivity index (χ2n) is 7.96. The van der Waals surface area contributed by atoms with Crippen molar-refractivity contribution in [1.82, 2.24) is 19.9 Å². The number of nitrogens with zero attached hydrogens (tertiary/aromatic N) is 3. The molecule has 3 aromatic rings. The van der Waals surface area contributed by atoms with Crippen LogP contribution in [0.4, 0.5) is 0 Å². The largest absolute Gasteiger partial charge is 0.300 e. The third-order valence-corrected chi connectivity index (χ3v) is 5.59. The van der Waals surface area contributed by atoms with Crippen molar-refractivity contribution in [1.29, 1.82) is 0 Å². The fourth-order valence-electron chi connectivity index (χ4n) is 3.87. The summed E-state index contributed by atoms with van der Waals surface area (Å²) in [5, 5.41) is 2.73. The highest BCUT2D eigenvalue weighted by Crippen LogP contribution is 2.27. The Morgan fingerprint density at radius 3 is 2.15 bits per heavy atom. The zero-order valence-electron chi connectivity index (χ0n) is 18.2. The number of carbonyl (C=O) groups excluding carboxylic acids is 3. The summed E-state index contributed by atoms with van der Waals surface area (Å²) < 4.78 is 1.14. The maximum atomic E-state index is 13.1. The van der Waals surface area contributed by atoms with Gasteiger partial charge in [0, 0.05) is 0 Å². The van der Waals surface area contributed by atoms with Gasteiger partial charge < -0.3 is 0 Å². The average molecular weight is 464 g/mol. The lowest BCUT2D eigenvalue weighted by atomic mass is 10.0. The maximum Gasteiger partial charge on any atom is 0.280 e. The average Bonchev–Trinajstić information content (AvgIpc) is 3.02. The Morgan fingerprint density at radius 2 is 1.55 bits per heavy atom. The molecule has 1 aliphatic heterocycles. The molecule has 1 aliphatic rings. The van der Waals surface area contributed by atoms with Crippen LogP contribution in [0.15, 0.2) is 53.3 Å². The minimum absolute atomic E-state index is 0.162. The smallest absolute Gasteiger partial charge is 0.280 e. The number of nitrogens with one attached hydrogen (secondary N) is 2. The first-order valence-electron chi connectivity index (χ1n) is 10.3. The molecule has 9 nitrogen and oxygen atoms in total. The number of hydrogen-bond acceptors (Lipinski definition) is 6. The van der Waals surface area contributed by atoms with E-state index in [4.69, 9.17) is 12.2 Å². The second-order valence-corrected chi connectivity index (χ2v) is 8.37. The molecule has 0 radical (unpaired) electrons. The number of amides is 3. The van der Waals surface area contributed by atoms with E-state index in [1.54, 1.807) is 69.3 Å². The standard InChI is InChI=1S/C23H21N5O4S/c1-12(2)18(27-20(30)14-8-4-5-9-15(14)21(27)31)19(29)25-23(33)26-28-13(3)24-17-11-7-6-10-16(17)22(28)32/h4-12,18H,1-3H3,(H2,25,26,29,33)/t18-/m0/s1. The number of aryl methyl sites for hydroxylation is 1. The molecule has 1 atom stereocenters. The van der Waals surface area contributed by atoms with Crippen molar-refractivity contribution in [2.45, 2.75) is 26.8 Å². The number of carbonyl (C=O) groups is 3. The molecule has 0 spiro atoms. The molecule has 168 valence electrons. The van der Waals surface area contributed by atoms with Crippen molar-refractivity contribution in [2.24, 2.45) is 5.92 Å². The number of thiocarbonyl (C=S) groups is 1.